The Morgan fingerprint density at radius 2 is 1.52 bits per heavy atom. The second-order valence-corrected chi connectivity index (χ2v) is 10.3. The normalized spacial score (nSPS) is 17.7. The highest BCUT2D eigenvalue weighted by Gasteiger charge is 2.27. The highest BCUT2D eigenvalue weighted by molar-refractivity contribution is 9.10. The van der Waals surface area contributed by atoms with Gasteiger partial charge in [-0.15, -0.1) is 0 Å². The number of amides is 3. The number of nitrogens with one attached hydrogen (secondary N) is 2. The van der Waals surface area contributed by atoms with Crippen molar-refractivity contribution in [1.82, 2.24) is 4.90 Å². The number of hydrogen-bond donors (Lipinski definition) is 2. The van der Waals surface area contributed by atoms with Crippen LogP contribution in [0.25, 0.3) is 0 Å². The predicted molar refractivity (Wildman–Crippen MR) is 138 cm³/mol. The van der Waals surface area contributed by atoms with E-state index in [0.717, 1.165) is 62.0 Å². The van der Waals surface area contributed by atoms with E-state index in [0.29, 0.717) is 28.8 Å². The molecular formula is C26H33BrN4O2. The van der Waals surface area contributed by atoms with Crippen molar-refractivity contribution in [3.05, 3.63) is 52.5 Å². The molecule has 0 unspecified atom stereocenters. The zero-order valence-electron chi connectivity index (χ0n) is 19.4. The third kappa shape index (κ3) is 5.88. The van der Waals surface area contributed by atoms with Crippen molar-refractivity contribution in [3.63, 3.8) is 0 Å². The molecule has 6 nitrogen and oxygen atoms in total. The van der Waals surface area contributed by atoms with E-state index < -0.39 is 0 Å². The first kappa shape index (κ1) is 23.6. The van der Waals surface area contributed by atoms with Crippen LogP contribution in [0.5, 0.6) is 0 Å². The molecule has 4 rings (SSSR count). The molecule has 3 amide bonds. The van der Waals surface area contributed by atoms with Gasteiger partial charge in [0.1, 0.15) is 0 Å². The van der Waals surface area contributed by atoms with Crippen molar-refractivity contribution in [2.45, 2.75) is 39.5 Å². The lowest BCUT2D eigenvalue weighted by molar-refractivity contribution is 0.0697. The topological polar surface area (TPSA) is 64.7 Å². The van der Waals surface area contributed by atoms with Gasteiger partial charge in [-0.05, 0) is 83.8 Å². The number of para-hydroxylation sites is 1. The fourth-order valence-corrected chi connectivity index (χ4v) is 4.92. The van der Waals surface area contributed by atoms with E-state index in [1.54, 1.807) is 0 Å². The summed E-state index contributed by atoms with van der Waals surface area (Å²) in [5.41, 5.74) is 2.95. The lowest BCUT2D eigenvalue weighted by Gasteiger charge is -2.35. The van der Waals surface area contributed by atoms with E-state index >= 15 is 0 Å². The Morgan fingerprint density at radius 3 is 2.18 bits per heavy atom. The number of nitrogens with zero attached hydrogens (tertiary/aromatic N) is 2. The summed E-state index contributed by atoms with van der Waals surface area (Å²) in [7, 11) is 0. The van der Waals surface area contributed by atoms with E-state index in [4.69, 9.17) is 0 Å². The van der Waals surface area contributed by atoms with E-state index in [2.05, 4.69) is 45.3 Å². The Hall–Kier alpha value is -2.54. The van der Waals surface area contributed by atoms with Crippen LogP contribution in [0.15, 0.2) is 46.9 Å². The van der Waals surface area contributed by atoms with E-state index in [-0.39, 0.29) is 11.9 Å². The van der Waals surface area contributed by atoms with Crippen molar-refractivity contribution in [2.75, 3.05) is 41.7 Å². The molecule has 2 aromatic carbocycles. The molecule has 0 aromatic heterocycles. The lowest BCUT2D eigenvalue weighted by Crippen LogP contribution is -2.40. The number of urea groups is 1. The van der Waals surface area contributed by atoms with Gasteiger partial charge in [0.15, 0.2) is 0 Å². The first-order valence-corrected chi connectivity index (χ1v) is 12.7. The molecule has 0 saturated carbocycles. The van der Waals surface area contributed by atoms with Crippen LogP contribution in [0, 0.1) is 11.8 Å². The molecule has 2 N–H and O–H groups in total. The third-order valence-corrected chi connectivity index (χ3v) is 7.49. The van der Waals surface area contributed by atoms with Crippen LogP contribution in [0.1, 0.15) is 49.9 Å². The van der Waals surface area contributed by atoms with Gasteiger partial charge in [0.2, 0.25) is 0 Å². The summed E-state index contributed by atoms with van der Waals surface area (Å²) >= 11 is 3.45. The molecule has 0 bridgehead atoms. The number of rotatable bonds is 4. The minimum absolute atomic E-state index is 0.0605. The summed E-state index contributed by atoms with van der Waals surface area (Å²) in [5.74, 6) is 1.43. The van der Waals surface area contributed by atoms with Gasteiger partial charge in [-0.2, -0.15) is 0 Å². The van der Waals surface area contributed by atoms with Crippen LogP contribution in [0.3, 0.4) is 0 Å². The quantitative estimate of drug-likeness (QED) is 0.512. The molecule has 2 heterocycles. The van der Waals surface area contributed by atoms with Gasteiger partial charge >= 0.3 is 6.03 Å². The van der Waals surface area contributed by atoms with Gasteiger partial charge in [-0.1, -0.05) is 26.0 Å². The number of piperidine rings is 2. The number of carbonyl (C=O) groups is 2. The van der Waals surface area contributed by atoms with E-state index in [1.807, 2.05) is 47.4 Å². The largest absolute Gasteiger partial charge is 0.371 e. The van der Waals surface area contributed by atoms with Crippen LogP contribution in [0.4, 0.5) is 21.9 Å². The molecule has 2 saturated heterocycles. The number of benzene rings is 2. The zero-order chi connectivity index (χ0) is 23.4. The van der Waals surface area contributed by atoms with E-state index in [1.165, 1.54) is 0 Å². The molecule has 0 aliphatic carbocycles. The Balaban J connectivity index is 1.56. The highest BCUT2D eigenvalue weighted by Crippen LogP contribution is 2.31. The molecule has 2 fully saturated rings. The number of halogens is 1. The molecule has 7 heteroatoms. The predicted octanol–water partition coefficient (Wildman–Crippen LogP) is 6.20. The monoisotopic (exact) mass is 512 g/mol. The summed E-state index contributed by atoms with van der Waals surface area (Å²) in [6.07, 6.45) is 4.33. The summed E-state index contributed by atoms with van der Waals surface area (Å²) in [5, 5.41) is 5.76. The molecule has 176 valence electrons. The van der Waals surface area contributed by atoms with Crippen molar-refractivity contribution in [1.29, 1.82) is 0 Å². The van der Waals surface area contributed by atoms with Crippen molar-refractivity contribution in [3.8, 4) is 0 Å². The zero-order valence-corrected chi connectivity index (χ0v) is 21.0. The van der Waals surface area contributed by atoms with Crippen molar-refractivity contribution in [2.24, 2.45) is 11.8 Å². The Kier molecular flexibility index (Phi) is 7.58. The first-order chi connectivity index (χ1) is 15.9. The number of likely N-dealkylation sites (tertiary alicyclic amines) is 1. The van der Waals surface area contributed by atoms with E-state index in [9.17, 15) is 9.59 Å². The number of hydrogen-bond acceptors (Lipinski definition) is 3. The summed E-state index contributed by atoms with van der Waals surface area (Å²) in [4.78, 5) is 30.5. The minimum atomic E-state index is -0.341. The maximum absolute atomic E-state index is 13.6. The fourth-order valence-electron chi connectivity index (χ4n) is 4.54. The van der Waals surface area contributed by atoms with Gasteiger partial charge in [0.25, 0.3) is 5.91 Å². The Morgan fingerprint density at radius 1 is 0.879 bits per heavy atom. The molecule has 2 aromatic rings. The summed E-state index contributed by atoms with van der Waals surface area (Å²) < 4.78 is 0.810. The van der Waals surface area contributed by atoms with Crippen LogP contribution >= 0.6 is 15.9 Å². The third-order valence-electron chi connectivity index (χ3n) is 6.80. The van der Waals surface area contributed by atoms with Gasteiger partial charge in [0.05, 0.1) is 11.3 Å². The molecule has 0 atom stereocenters. The molecule has 0 radical (unpaired) electrons. The average Bonchev–Trinajstić information content (AvgIpc) is 2.81. The molecule has 2 aliphatic rings. The second kappa shape index (κ2) is 10.6. The van der Waals surface area contributed by atoms with Crippen LogP contribution in [-0.4, -0.2) is 43.0 Å². The number of anilines is 3. The average molecular weight is 513 g/mol. The maximum Gasteiger partial charge on any atom is 0.323 e. The van der Waals surface area contributed by atoms with Crippen LogP contribution in [-0.2, 0) is 0 Å². The standard InChI is InChI=1S/C26H33BrN4O2/c1-18-9-13-30(14-10-18)24-8-7-20(28-26(33)29-23-6-4-3-5-22(23)27)17-21(24)25(32)31-15-11-19(2)12-16-31/h3-8,17-19H,9-16H2,1-2H3,(H2,28,29,33). The number of carbonyl (C=O) groups excluding carboxylic acids is 2. The fraction of sp³-hybridized carbons (Fsp3) is 0.462. The van der Waals surface area contributed by atoms with Crippen LogP contribution < -0.4 is 15.5 Å². The molecular weight excluding hydrogens is 480 g/mol. The minimum Gasteiger partial charge on any atom is -0.371 e. The maximum atomic E-state index is 13.6. The Labute approximate surface area is 204 Å². The van der Waals surface area contributed by atoms with Crippen molar-refractivity contribution >= 4 is 44.9 Å². The molecule has 2 aliphatic heterocycles. The van der Waals surface area contributed by atoms with Gasteiger partial charge in [-0.3, -0.25) is 4.79 Å². The summed E-state index contributed by atoms with van der Waals surface area (Å²) in [6.45, 7) is 8.01. The second-order valence-electron chi connectivity index (χ2n) is 9.44. The summed E-state index contributed by atoms with van der Waals surface area (Å²) in [6, 6.07) is 12.8. The van der Waals surface area contributed by atoms with Gasteiger partial charge < -0.3 is 20.4 Å². The van der Waals surface area contributed by atoms with Gasteiger partial charge in [-0.25, -0.2) is 4.79 Å². The van der Waals surface area contributed by atoms with Crippen molar-refractivity contribution < 1.29 is 9.59 Å². The van der Waals surface area contributed by atoms with Gasteiger partial charge in [0, 0.05) is 42.0 Å². The molecule has 33 heavy (non-hydrogen) atoms. The highest BCUT2D eigenvalue weighted by atomic mass is 79.9. The first-order valence-electron chi connectivity index (χ1n) is 11.9. The SMILES string of the molecule is CC1CCN(C(=O)c2cc(NC(=O)Nc3ccccc3Br)ccc2N2CCC(C)CC2)CC1. The Bertz CT molecular complexity index is 996. The molecule has 0 spiro atoms. The lowest BCUT2D eigenvalue weighted by atomic mass is 9.96. The van der Waals surface area contributed by atoms with Crippen LogP contribution in [0.2, 0.25) is 0 Å². The smallest absolute Gasteiger partial charge is 0.323 e.